The number of ether oxygens (including phenoxy) is 2. The summed E-state index contributed by atoms with van der Waals surface area (Å²) in [6, 6.07) is 14.2. The number of aryl methyl sites for hydroxylation is 1. The molecule has 0 atom stereocenters. The van der Waals surface area contributed by atoms with Gasteiger partial charge >= 0.3 is 12.1 Å². The second-order valence-electron chi connectivity index (χ2n) is 12.1. The van der Waals surface area contributed by atoms with Crippen molar-refractivity contribution >= 4 is 17.2 Å². The van der Waals surface area contributed by atoms with Gasteiger partial charge in [-0.2, -0.15) is 8.78 Å². The van der Waals surface area contributed by atoms with Crippen LogP contribution >= 0.6 is 0 Å². The van der Waals surface area contributed by atoms with E-state index in [-0.39, 0.29) is 17.3 Å². The van der Waals surface area contributed by atoms with Gasteiger partial charge in [-0.1, -0.05) is 56.3 Å². The first-order valence-electron chi connectivity index (χ1n) is 15.8. The predicted molar refractivity (Wildman–Crippen MR) is 172 cm³/mol. The van der Waals surface area contributed by atoms with Crippen molar-refractivity contribution in [3.63, 3.8) is 0 Å². The molecule has 4 nitrogen and oxygen atoms in total. The van der Waals surface area contributed by atoms with E-state index in [4.69, 9.17) is 9.47 Å². The first kappa shape index (κ1) is 32.5. The minimum Gasteiger partial charge on any atom is -0.469 e. The Bertz CT molecular complexity index is 1330. The van der Waals surface area contributed by atoms with Crippen molar-refractivity contribution in [1.29, 1.82) is 0 Å². The number of carbonyl (C=O) groups is 1. The minimum absolute atomic E-state index is 0.0959. The number of carbonyl (C=O) groups excluding carboxylic acids is 1. The number of rotatable bonds is 12. The number of methoxy groups -OCH3 is 1. The highest BCUT2D eigenvalue weighted by molar-refractivity contribution is 5.70. The SMILES string of the molecule is CC=CC(F)(F)Oc1ccc(NC(CC)(CC)C2=CC=C(c3ccc(C4CCC(CC(=O)OC)CC4)cc3)CC2)c(C)c1. The molecule has 4 rings (SSSR count). The monoisotopic (exact) mass is 591 g/mol. The van der Waals surface area contributed by atoms with Gasteiger partial charge in [0.2, 0.25) is 0 Å². The molecule has 232 valence electrons. The van der Waals surface area contributed by atoms with Gasteiger partial charge in [-0.15, -0.1) is 0 Å². The summed E-state index contributed by atoms with van der Waals surface area (Å²) in [5, 5.41) is 3.78. The molecule has 0 saturated heterocycles. The van der Waals surface area contributed by atoms with E-state index >= 15 is 0 Å². The Morgan fingerprint density at radius 1 is 1.00 bits per heavy atom. The van der Waals surface area contributed by atoms with Gasteiger partial charge in [-0.25, -0.2) is 0 Å². The molecular weight excluding hydrogens is 544 g/mol. The van der Waals surface area contributed by atoms with Crippen LogP contribution in [0.5, 0.6) is 5.75 Å². The maximum atomic E-state index is 13.9. The van der Waals surface area contributed by atoms with Crippen LogP contribution in [0.3, 0.4) is 0 Å². The summed E-state index contributed by atoms with van der Waals surface area (Å²) in [6.07, 6.45) is 11.9. The molecule has 0 amide bonds. The molecule has 0 radical (unpaired) electrons. The van der Waals surface area contributed by atoms with E-state index in [1.165, 1.54) is 35.5 Å². The zero-order valence-corrected chi connectivity index (χ0v) is 26.4. The van der Waals surface area contributed by atoms with Crippen molar-refractivity contribution in [1.82, 2.24) is 0 Å². The van der Waals surface area contributed by atoms with E-state index in [1.54, 1.807) is 19.1 Å². The lowest BCUT2D eigenvalue weighted by atomic mass is 9.76. The molecule has 2 aliphatic carbocycles. The normalized spacial score (nSPS) is 19.5. The van der Waals surface area contributed by atoms with Crippen molar-refractivity contribution in [3.05, 3.63) is 89.0 Å². The Morgan fingerprint density at radius 2 is 1.70 bits per heavy atom. The molecule has 0 spiro atoms. The highest BCUT2D eigenvalue weighted by Crippen LogP contribution is 2.40. The summed E-state index contributed by atoms with van der Waals surface area (Å²) < 4.78 is 37.6. The Kier molecular flexibility index (Phi) is 10.9. The lowest BCUT2D eigenvalue weighted by Gasteiger charge is -2.38. The van der Waals surface area contributed by atoms with E-state index in [0.717, 1.165) is 68.7 Å². The number of alkyl halides is 2. The van der Waals surface area contributed by atoms with Crippen molar-refractivity contribution in [3.8, 4) is 5.75 Å². The number of esters is 1. The highest BCUT2D eigenvalue weighted by atomic mass is 19.3. The Hall–Kier alpha value is -3.41. The molecule has 2 aromatic carbocycles. The van der Waals surface area contributed by atoms with Gasteiger partial charge in [-0.3, -0.25) is 4.79 Å². The second-order valence-corrected chi connectivity index (χ2v) is 12.1. The maximum absolute atomic E-state index is 13.9. The number of nitrogens with one attached hydrogen (secondary N) is 1. The van der Waals surface area contributed by atoms with Gasteiger partial charge in [0.15, 0.2) is 0 Å². The molecule has 1 N–H and O–H groups in total. The van der Waals surface area contributed by atoms with Crippen LogP contribution in [0.4, 0.5) is 14.5 Å². The fourth-order valence-corrected chi connectivity index (χ4v) is 6.71. The first-order chi connectivity index (χ1) is 20.6. The average Bonchev–Trinajstić information content (AvgIpc) is 3.01. The van der Waals surface area contributed by atoms with Gasteiger partial charge < -0.3 is 14.8 Å². The molecule has 2 aromatic rings. The number of allylic oxidation sites excluding steroid dienone is 4. The lowest BCUT2D eigenvalue weighted by Crippen LogP contribution is -2.40. The number of halogens is 2. The average molecular weight is 592 g/mol. The predicted octanol–water partition coefficient (Wildman–Crippen LogP) is 10.2. The van der Waals surface area contributed by atoms with E-state index in [2.05, 4.69) is 55.6 Å². The second kappa shape index (κ2) is 14.4. The van der Waals surface area contributed by atoms with E-state index in [0.29, 0.717) is 18.3 Å². The van der Waals surface area contributed by atoms with E-state index < -0.39 is 6.11 Å². The Labute approximate surface area is 256 Å². The third-order valence-electron chi connectivity index (χ3n) is 9.44. The van der Waals surface area contributed by atoms with Crippen LogP contribution in [0, 0.1) is 12.8 Å². The van der Waals surface area contributed by atoms with Gasteiger partial charge in [0.1, 0.15) is 5.75 Å². The van der Waals surface area contributed by atoms with Crippen molar-refractivity contribution in [2.24, 2.45) is 5.92 Å². The molecule has 2 aliphatic rings. The number of anilines is 1. The molecule has 0 heterocycles. The van der Waals surface area contributed by atoms with Gasteiger partial charge in [0, 0.05) is 18.2 Å². The Balaban J connectivity index is 1.43. The van der Waals surface area contributed by atoms with Gasteiger partial charge in [-0.05, 0) is 123 Å². The zero-order chi connectivity index (χ0) is 31.0. The minimum atomic E-state index is -3.34. The topological polar surface area (TPSA) is 47.6 Å². The summed E-state index contributed by atoms with van der Waals surface area (Å²) in [5.41, 5.74) is 6.94. The summed E-state index contributed by atoms with van der Waals surface area (Å²) in [6.45, 7) is 7.86. The van der Waals surface area contributed by atoms with Crippen molar-refractivity contribution in [2.75, 3.05) is 12.4 Å². The maximum Gasteiger partial charge on any atom is 0.419 e. The van der Waals surface area contributed by atoms with Crippen molar-refractivity contribution in [2.45, 2.75) is 103 Å². The quantitative estimate of drug-likeness (QED) is 0.197. The highest BCUT2D eigenvalue weighted by Gasteiger charge is 2.32. The third kappa shape index (κ3) is 8.16. The number of benzene rings is 2. The Morgan fingerprint density at radius 3 is 2.26 bits per heavy atom. The molecule has 0 bridgehead atoms. The fraction of sp³-hybridized carbons (Fsp3) is 0.486. The van der Waals surface area contributed by atoms with Crippen LogP contribution < -0.4 is 10.1 Å². The van der Waals surface area contributed by atoms with Crippen LogP contribution in [-0.4, -0.2) is 24.7 Å². The number of hydrogen-bond acceptors (Lipinski definition) is 4. The molecule has 6 heteroatoms. The van der Waals surface area contributed by atoms with Crippen LogP contribution in [-0.2, 0) is 9.53 Å². The van der Waals surface area contributed by atoms with Gasteiger partial charge in [0.25, 0.3) is 0 Å². The summed E-state index contributed by atoms with van der Waals surface area (Å²) >= 11 is 0. The molecule has 1 fully saturated rings. The number of hydrogen-bond donors (Lipinski definition) is 1. The molecular formula is C37H47F2NO3. The van der Waals surface area contributed by atoms with Crippen LogP contribution in [0.25, 0.3) is 5.57 Å². The van der Waals surface area contributed by atoms with E-state index in [9.17, 15) is 13.6 Å². The summed E-state index contributed by atoms with van der Waals surface area (Å²) in [5.74, 6) is 1.06. The molecule has 0 unspecified atom stereocenters. The van der Waals surface area contributed by atoms with Crippen molar-refractivity contribution < 1.29 is 23.0 Å². The van der Waals surface area contributed by atoms with E-state index in [1.807, 2.05) is 13.0 Å². The standard InChI is InChI=1S/C37H47F2NO3/c1-6-23-37(38,39)43-33-21-22-34(26(4)24-33)40-36(7-2,8-3)32-19-17-31(18-20-32)30-15-13-29(14-16-30)28-11-9-27(10-12-28)25-35(41)42-5/h6,13-17,19,21-24,27-28,40H,7-12,18,20,25H2,1-5H3. The van der Waals surface area contributed by atoms with Gasteiger partial charge in [0.05, 0.1) is 12.6 Å². The molecule has 0 aromatic heterocycles. The molecule has 1 saturated carbocycles. The fourth-order valence-electron chi connectivity index (χ4n) is 6.71. The largest absolute Gasteiger partial charge is 0.469 e. The smallest absolute Gasteiger partial charge is 0.419 e. The van der Waals surface area contributed by atoms with Crippen LogP contribution in [0.1, 0.15) is 101 Å². The van der Waals surface area contributed by atoms with Crippen LogP contribution in [0.2, 0.25) is 0 Å². The summed E-state index contributed by atoms with van der Waals surface area (Å²) in [4.78, 5) is 11.6. The lowest BCUT2D eigenvalue weighted by molar-refractivity contribution is -0.142. The zero-order valence-electron chi connectivity index (χ0n) is 26.4. The third-order valence-corrected chi connectivity index (χ3v) is 9.44. The summed E-state index contributed by atoms with van der Waals surface area (Å²) in [7, 11) is 1.47. The first-order valence-corrected chi connectivity index (χ1v) is 15.8. The molecule has 0 aliphatic heterocycles. The van der Waals surface area contributed by atoms with Crippen LogP contribution in [0.15, 0.2) is 72.3 Å². The molecule has 43 heavy (non-hydrogen) atoms.